The first-order chi connectivity index (χ1) is 13.3. The lowest BCUT2D eigenvalue weighted by Crippen LogP contribution is -2.33. The topological polar surface area (TPSA) is 60.0 Å². The zero-order chi connectivity index (χ0) is 18.6. The number of aryl methyl sites for hydroxylation is 2. The molecule has 0 radical (unpaired) electrons. The van der Waals surface area contributed by atoms with E-state index in [4.69, 9.17) is 15.7 Å². The molecule has 0 amide bonds. The third-order valence-electron chi connectivity index (χ3n) is 5.73. The van der Waals surface area contributed by atoms with E-state index in [1.165, 1.54) is 23.2 Å². The first kappa shape index (κ1) is 21.0. The molecule has 0 spiro atoms. The summed E-state index contributed by atoms with van der Waals surface area (Å²) in [5.41, 5.74) is 10.7. The number of hydrogen-bond donors (Lipinski definition) is 1. The van der Waals surface area contributed by atoms with Gasteiger partial charge in [0.25, 0.3) is 0 Å². The van der Waals surface area contributed by atoms with Crippen molar-refractivity contribution in [2.75, 3.05) is 13.1 Å². The molecule has 1 aliphatic carbocycles. The van der Waals surface area contributed by atoms with E-state index in [1.807, 2.05) is 6.20 Å². The van der Waals surface area contributed by atoms with Crippen LogP contribution >= 0.6 is 17.0 Å². The van der Waals surface area contributed by atoms with Crippen LogP contribution in [0, 0.1) is 0 Å². The molecule has 3 aromatic rings. The Bertz CT molecular complexity index is 907. The summed E-state index contributed by atoms with van der Waals surface area (Å²) in [5.74, 6) is 1.12. The number of hydrogen-bond acceptors (Lipinski definition) is 4. The zero-order valence-corrected chi connectivity index (χ0v) is 18.3. The predicted molar refractivity (Wildman–Crippen MR) is 120 cm³/mol. The Morgan fingerprint density at radius 2 is 2.04 bits per heavy atom. The summed E-state index contributed by atoms with van der Waals surface area (Å²) in [6.07, 6.45) is 7.63. The number of halogens is 1. The van der Waals surface area contributed by atoms with E-state index in [2.05, 4.69) is 52.9 Å². The lowest BCUT2D eigenvalue weighted by molar-refractivity contribution is 0.158. The molecular formula is C22H30BrN5. The number of benzene rings is 1. The van der Waals surface area contributed by atoms with Crippen LogP contribution < -0.4 is 5.73 Å². The normalized spacial score (nSPS) is 16.2. The fourth-order valence-electron chi connectivity index (χ4n) is 4.26. The quantitative estimate of drug-likeness (QED) is 0.556. The van der Waals surface area contributed by atoms with Gasteiger partial charge in [-0.25, -0.2) is 4.98 Å². The summed E-state index contributed by atoms with van der Waals surface area (Å²) >= 11 is 0. The number of pyridine rings is 1. The number of nitrogens with two attached hydrogens (primary N) is 1. The summed E-state index contributed by atoms with van der Waals surface area (Å²) in [4.78, 5) is 12.2. The minimum Gasteiger partial charge on any atom is -0.330 e. The van der Waals surface area contributed by atoms with Crippen LogP contribution in [0.4, 0.5) is 0 Å². The maximum atomic E-state index is 5.75. The van der Waals surface area contributed by atoms with E-state index >= 15 is 0 Å². The van der Waals surface area contributed by atoms with Crippen LogP contribution in [-0.4, -0.2) is 32.5 Å². The average Bonchev–Trinajstić information content (AvgIpc) is 3.03. The number of imidazole rings is 1. The minimum atomic E-state index is 0. The second kappa shape index (κ2) is 9.63. The number of fused-ring (bicyclic) bond motifs is 2. The van der Waals surface area contributed by atoms with Crippen LogP contribution in [-0.2, 0) is 20.0 Å². The molecule has 2 heterocycles. The number of aromatic nitrogens is 3. The highest BCUT2D eigenvalue weighted by Crippen LogP contribution is 2.34. The molecule has 0 bridgehead atoms. The molecule has 150 valence electrons. The van der Waals surface area contributed by atoms with E-state index in [0.29, 0.717) is 6.04 Å². The summed E-state index contributed by atoms with van der Waals surface area (Å²) in [7, 11) is 2.12. The first-order valence-electron chi connectivity index (χ1n) is 10.1. The average molecular weight is 444 g/mol. The summed E-state index contributed by atoms with van der Waals surface area (Å²) in [6, 6.07) is 13.0. The third-order valence-corrected chi connectivity index (χ3v) is 5.73. The van der Waals surface area contributed by atoms with Gasteiger partial charge in [0.15, 0.2) is 0 Å². The highest BCUT2D eigenvalue weighted by molar-refractivity contribution is 8.93. The molecule has 1 aromatic carbocycles. The van der Waals surface area contributed by atoms with Gasteiger partial charge in [0.05, 0.1) is 29.3 Å². The maximum absolute atomic E-state index is 5.75. The highest BCUT2D eigenvalue weighted by Gasteiger charge is 2.28. The van der Waals surface area contributed by atoms with Gasteiger partial charge < -0.3 is 10.3 Å². The van der Waals surface area contributed by atoms with Crippen LogP contribution in [0.2, 0.25) is 0 Å². The fourth-order valence-corrected chi connectivity index (χ4v) is 4.26. The molecule has 0 aliphatic heterocycles. The van der Waals surface area contributed by atoms with Crippen LogP contribution in [0.5, 0.6) is 0 Å². The molecule has 1 atom stereocenters. The van der Waals surface area contributed by atoms with Crippen molar-refractivity contribution in [3.63, 3.8) is 0 Å². The summed E-state index contributed by atoms with van der Waals surface area (Å²) in [5, 5.41) is 0. The lowest BCUT2D eigenvalue weighted by atomic mass is 9.90. The standard InChI is InChI=1S/C22H29N5.BrH/c1-26-19-11-3-2-10-18(19)25-21(26)16-27(15-5-4-13-23)20-12-6-8-17-9-7-14-24-22(17)20;/h2-3,7,9-11,14,20H,4-6,8,12-13,15-16,23H2,1H3;1H. The van der Waals surface area contributed by atoms with Crippen LogP contribution in [0.3, 0.4) is 0 Å². The van der Waals surface area contributed by atoms with Gasteiger partial charge in [-0.2, -0.15) is 0 Å². The van der Waals surface area contributed by atoms with E-state index in [-0.39, 0.29) is 17.0 Å². The molecule has 0 fully saturated rings. The summed E-state index contributed by atoms with van der Waals surface area (Å²) < 4.78 is 2.23. The second-order valence-electron chi connectivity index (χ2n) is 7.50. The van der Waals surface area contributed by atoms with Gasteiger partial charge in [0, 0.05) is 13.2 Å². The minimum absolute atomic E-state index is 0. The molecule has 1 aliphatic rings. The molecule has 2 aromatic heterocycles. The highest BCUT2D eigenvalue weighted by atomic mass is 79.9. The zero-order valence-electron chi connectivity index (χ0n) is 16.6. The van der Waals surface area contributed by atoms with E-state index in [1.54, 1.807) is 0 Å². The third kappa shape index (κ3) is 4.29. The lowest BCUT2D eigenvalue weighted by Gasteiger charge is -2.35. The molecule has 2 N–H and O–H groups in total. The molecule has 0 saturated heterocycles. The molecule has 5 nitrogen and oxygen atoms in total. The molecule has 6 heteroatoms. The van der Waals surface area contributed by atoms with Crippen molar-refractivity contribution >= 4 is 28.0 Å². The van der Waals surface area contributed by atoms with Crippen molar-refractivity contribution in [1.82, 2.24) is 19.4 Å². The maximum Gasteiger partial charge on any atom is 0.123 e. The number of nitrogens with zero attached hydrogens (tertiary/aromatic N) is 4. The summed E-state index contributed by atoms with van der Waals surface area (Å²) in [6.45, 7) is 2.62. The molecule has 28 heavy (non-hydrogen) atoms. The van der Waals surface area contributed by atoms with E-state index in [9.17, 15) is 0 Å². The molecule has 1 unspecified atom stereocenters. The van der Waals surface area contributed by atoms with Gasteiger partial charge in [-0.05, 0) is 69.0 Å². The Morgan fingerprint density at radius 1 is 1.18 bits per heavy atom. The van der Waals surface area contributed by atoms with Crippen LogP contribution in [0.15, 0.2) is 42.6 Å². The van der Waals surface area contributed by atoms with Crippen LogP contribution in [0.1, 0.15) is 48.8 Å². The first-order valence-corrected chi connectivity index (χ1v) is 10.1. The second-order valence-corrected chi connectivity index (χ2v) is 7.50. The number of unbranched alkanes of at least 4 members (excludes halogenated alkanes) is 1. The van der Waals surface area contributed by atoms with Gasteiger partial charge >= 0.3 is 0 Å². The Kier molecular flexibility index (Phi) is 7.21. The van der Waals surface area contributed by atoms with E-state index in [0.717, 1.165) is 56.7 Å². The van der Waals surface area contributed by atoms with Gasteiger partial charge in [0.1, 0.15) is 5.82 Å². The SMILES string of the molecule is Br.Cn1c(CN(CCCCN)C2CCCc3cccnc32)nc2ccccc21. The van der Waals surface area contributed by atoms with Crippen molar-refractivity contribution in [2.24, 2.45) is 12.8 Å². The largest absolute Gasteiger partial charge is 0.330 e. The van der Waals surface area contributed by atoms with Crippen molar-refractivity contribution in [2.45, 2.75) is 44.7 Å². The van der Waals surface area contributed by atoms with Gasteiger partial charge in [-0.1, -0.05) is 18.2 Å². The Hall–Kier alpha value is -1.76. The number of para-hydroxylation sites is 2. The number of rotatable bonds is 7. The Morgan fingerprint density at radius 3 is 2.86 bits per heavy atom. The predicted octanol–water partition coefficient (Wildman–Crippen LogP) is 4.16. The van der Waals surface area contributed by atoms with Crippen molar-refractivity contribution in [1.29, 1.82) is 0 Å². The Labute approximate surface area is 177 Å². The fraction of sp³-hybridized carbons (Fsp3) is 0.455. The van der Waals surface area contributed by atoms with Crippen molar-refractivity contribution in [3.8, 4) is 0 Å². The van der Waals surface area contributed by atoms with Crippen molar-refractivity contribution in [3.05, 3.63) is 59.7 Å². The Balaban J connectivity index is 0.00000225. The van der Waals surface area contributed by atoms with Gasteiger partial charge in [0.2, 0.25) is 0 Å². The van der Waals surface area contributed by atoms with Gasteiger partial charge in [-0.3, -0.25) is 9.88 Å². The smallest absolute Gasteiger partial charge is 0.123 e. The van der Waals surface area contributed by atoms with Gasteiger partial charge in [-0.15, -0.1) is 17.0 Å². The monoisotopic (exact) mass is 443 g/mol. The molecule has 0 saturated carbocycles. The molecule has 4 rings (SSSR count). The molecular weight excluding hydrogens is 414 g/mol. The van der Waals surface area contributed by atoms with Crippen LogP contribution in [0.25, 0.3) is 11.0 Å². The van der Waals surface area contributed by atoms with Crippen molar-refractivity contribution < 1.29 is 0 Å². The van der Waals surface area contributed by atoms with E-state index < -0.39 is 0 Å².